The Bertz CT molecular complexity index is 733. The van der Waals surface area contributed by atoms with Crippen LogP contribution in [-0.4, -0.2) is 17.9 Å². The van der Waals surface area contributed by atoms with E-state index < -0.39 is 0 Å². The Morgan fingerprint density at radius 3 is 2.65 bits per heavy atom. The molecule has 0 bridgehead atoms. The molecule has 3 nitrogen and oxygen atoms in total. The van der Waals surface area contributed by atoms with Crippen LogP contribution in [0.5, 0.6) is 11.5 Å². The molecule has 0 aliphatic heterocycles. The van der Waals surface area contributed by atoms with Gasteiger partial charge in [0.15, 0.2) is 11.5 Å². The monoisotopic (exact) mass is 309 g/mol. The van der Waals surface area contributed by atoms with Crippen molar-refractivity contribution in [2.75, 3.05) is 6.61 Å². The number of phenolic OH excluding ortho intramolecular Hbond substituents is 1. The number of hydrogen-bond acceptors (Lipinski definition) is 3. The van der Waals surface area contributed by atoms with Crippen molar-refractivity contribution < 1.29 is 9.84 Å². The fraction of sp³-hybridized carbons (Fsp3) is 0.250. The summed E-state index contributed by atoms with van der Waals surface area (Å²) in [5.41, 5.74) is 4.97. The normalized spacial score (nSPS) is 10.9. The minimum Gasteiger partial charge on any atom is -0.504 e. The highest BCUT2D eigenvalue weighted by Crippen LogP contribution is 2.32. The highest BCUT2D eigenvalue weighted by Gasteiger charge is 2.09. The lowest BCUT2D eigenvalue weighted by Gasteiger charge is -2.11. The molecule has 0 aromatic heterocycles. The van der Waals surface area contributed by atoms with Gasteiger partial charge < -0.3 is 9.84 Å². The molecule has 23 heavy (non-hydrogen) atoms. The van der Waals surface area contributed by atoms with Gasteiger partial charge in [0.25, 0.3) is 0 Å². The summed E-state index contributed by atoms with van der Waals surface area (Å²) in [6.45, 7) is 10.2. The van der Waals surface area contributed by atoms with Crippen molar-refractivity contribution in [2.24, 2.45) is 4.99 Å². The molecule has 0 aliphatic carbocycles. The van der Waals surface area contributed by atoms with Crippen molar-refractivity contribution in [3.8, 4) is 11.5 Å². The number of aliphatic imine (C=N–C) groups is 1. The van der Waals surface area contributed by atoms with E-state index in [0.717, 1.165) is 22.4 Å². The van der Waals surface area contributed by atoms with E-state index in [1.807, 2.05) is 32.0 Å². The van der Waals surface area contributed by atoms with Gasteiger partial charge in [0.2, 0.25) is 0 Å². The number of allylic oxidation sites excluding steroid dienone is 1. The van der Waals surface area contributed by atoms with Crippen LogP contribution in [0.15, 0.2) is 48.0 Å². The predicted molar refractivity (Wildman–Crippen MR) is 96.3 cm³/mol. The third-order valence-electron chi connectivity index (χ3n) is 3.55. The lowest BCUT2D eigenvalue weighted by atomic mass is 10.1. The van der Waals surface area contributed by atoms with Gasteiger partial charge in [-0.1, -0.05) is 23.8 Å². The van der Waals surface area contributed by atoms with Gasteiger partial charge >= 0.3 is 0 Å². The molecule has 0 unspecified atom stereocenters. The molecule has 0 atom stereocenters. The molecule has 0 heterocycles. The van der Waals surface area contributed by atoms with E-state index in [9.17, 15) is 5.11 Å². The first-order chi connectivity index (χ1) is 11.0. The number of aromatic hydroxyl groups is 1. The maximum absolute atomic E-state index is 10.2. The Morgan fingerprint density at radius 2 is 2.00 bits per heavy atom. The van der Waals surface area contributed by atoms with Crippen molar-refractivity contribution in [3.05, 3.63) is 65.2 Å². The zero-order valence-electron chi connectivity index (χ0n) is 14.0. The number of aryl methyl sites for hydroxylation is 2. The van der Waals surface area contributed by atoms with Gasteiger partial charge in [0.1, 0.15) is 0 Å². The summed E-state index contributed by atoms with van der Waals surface area (Å²) >= 11 is 0. The fourth-order valence-electron chi connectivity index (χ4n) is 2.43. The van der Waals surface area contributed by atoms with Crippen LogP contribution in [0.2, 0.25) is 0 Å². The molecule has 2 rings (SSSR count). The second-order valence-corrected chi connectivity index (χ2v) is 5.50. The summed E-state index contributed by atoms with van der Waals surface area (Å²) in [4.78, 5) is 4.56. The number of ether oxygens (including phenoxy) is 1. The fourth-order valence-corrected chi connectivity index (χ4v) is 2.43. The minimum absolute atomic E-state index is 0.176. The lowest BCUT2D eigenvalue weighted by molar-refractivity contribution is 0.317. The quantitative estimate of drug-likeness (QED) is 0.610. The molecule has 1 N–H and O–H groups in total. The van der Waals surface area contributed by atoms with Crippen LogP contribution in [0.25, 0.3) is 0 Å². The van der Waals surface area contributed by atoms with Gasteiger partial charge in [0.05, 0.1) is 12.3 Å². The molecule has 2 aromatic carbocycles. The minimum atomic E-state index is 0.176. The molecule has 0 saturated heterocycles. The van der Waals surface area contributed by atoms with E-state index in [2.05, 4.69) is 24.6 Å². The van der Waals surface area contributed by atoms with Gasteiger partial charge in [-0.25, -0.2) is 0 Å². The second kappa shape index (κ2) is 7.63. The van der Waals surface area contributed by atoms with Crippen LogP contribution >= 0.6 is 0 Å². The van der Waals surface area contributed by atoms with Crippen molar-refractivity contribution >= 4 is 11.9 Å². The SMILES string of the molecule is C=CCc1cc(C=Nc2ccc(C)cc2C)cc(OCC)c1O. The topological polar surface area (TPSA) is 41.8 Å². The first kappa shape index (κ1) is 16.8. The Hall–Kier alpha value is -2.55. The summed E-state index contributed by atoms with van der Waals surface area (Å²) in [7, 11) is 0. The number of rotatable bonds is 6. The van der Waals surface area contributed by atoms with Crippen molar-refractivity contribution in [2.45, 2.75) is 27.2 Å². The molecule has 0 amide bonds. The molecule has 2 aromatic rings. The number of hydrogen-bond donors (Lipinski definition) is 1. The van der Waals surface area contributed by atoms with E-state index in [1.54, 1.807) is 18.4 Å². The lowest BCUT2D eigenvalue weighted by Crippen LogP contribution is -1.96. The maximum Gasteiger partial charge on any atom is 0.161 e. The highest BCUT2D eigenvalue weighted by atomic mass is 16.5. The largest absolute Gasteiger partial charge is 0.504 e. The maximum atomic E-state index is 10.2. The van der Waals surface area contributed by atoms with E-state index in [0.29, 0.717) is 18.8 Å². The molecule has 0 radical (unpaired) electrons. The van der Waals surface area contributed by atoms with Crippen LogP contribution in [0.4, 0.5) is 5.69 Å². The van der Waals surface area contributed by atoms with E-state index in [-0.39, 0.29) is 5.75 Å². The van der Waals surface area contributed by atoms with Crippen LogP contribution in [-0.2, 0) is 6.42 Å². The van der Waals surface area contributed by atoms with Crippen molar-refractivity contribution in [1.29, 1.82) is 0 Å². The zero-order chi connectivity index (χ0) is 16.8. The van der Waals surface area contributed by atoms with Crippen LogP contribution < -0.4 is 4.74 Å². The standard InChI is InChI=1S/C20H23NO2/c1-5-7-17-11-16(12-19(20(17)22)23-6-2)13-21-18-9-8-14(3)10-15(18)4/h5,8-13,22H,1,6-7H2,2-4H3. The van der Waals surface area contributed by atoms with Gasteiger partial charge in [-0.3, -0.25) is 4.99 Å². The summed E-state index contributed by atoms with van der Waals surface area (Å²) in [5.74, 6) is 0.657. The number of benzene rings is 2. The molecular formula is C20H23NO2. The average Bonchev–Trinajstić information content (AvgIpc) is 2.51. The molecule has 0 saturated carbocycles. The third-order valence-corrected chi connectivity index (χ3v) is 3.55. The van der Waals surface area contributed by atoms with E-state index >= 15 is 0 Å². The molecule has 0 spiro atoms. The van der Waals surface area contributed by atoms with Crippen molar-refractivity contribution in [3.63, 3.8) is 0 Å². The molecule has 0 aliphatic rings. The molecule has 120 valence electrons. The molecule has 3 heteroatoms. The third kappa shape index (κ3) is 4.22. The van der Waals surface area contributed by atoms with Gasteiger partial charge in [0, 0.05) is 11.8 Å². The van der Waals surface area contributed by atoms with Crippen LogP contribution in [0.1, 0.15) is 29.2 Å². The van der Waals surface area contributed by atoms with Crippen LogP contribution in [0, 0.1) is 13.8 Å². The number of phenols is 1. The zero-order valence-corrected chi connectivity index (χ0v) is 14.0. The smallest absolute Gasteiger partial charge is 0.161 e. The predicted octanol–water partition coefficient (Wildman–Crippen LogP) is 4.89. The van der Waals surface area contributed by atoms with Crippen LogP contribution in [0.3, 0.4) is 0 Å². The average molecular weight is 309 g/mol. The molecule has 0 fully saturated rings. The van der Waals surface area contributed by atoms with E-state index in [1.165, 1.54) is 5.56 Å². The highest BCUT2D eigenvalue weighted by molar-refractivity contribution is 5.84. The van der Waals surface area contributed by atoms with E-state index in [4.69, 9.17) is 4.74 Å². The Labute approximate surface area is 138 Å². The Kier molecular flexibility index (Phi) is 5.58. The summed E-state index contributed by atoms with van der Waals surface area (Å²) in [6.07, 6.45) is 4.14. The first-order valence-electron chi connectivity index (χ1n) is 7.76. The Balaban J connectivity index is 2.38. The summed E-state index contributed by atoms with van der Waals surface area (Å²) in [6, 6.07) is 9.88. The van der Waals surface area contributed by atoms with Gasteiger partial charge in [-0.2, -0.15) is 0 Å². The second-order valence-electron chi connectivity index (χ2n) is 5.50. The van der Waals surface area contributed by atoms with Crippen molar-refractivity contribution in [1.82, 2.24) is 0 Å². The molecular weight excluding hydrogens is 286 g/mol. The van der Waals surface area contributed by atoms with Gasteiger partial charge in [-0.15, -0.1) is 6.58 Å². The number of nitrogens with zero attached hydrogens (tertiary/aromatic N) is 1. The summed E-state index contributed by atoms with van der Waals surface area (Å²) < 4.78 is 5.51. The first-order valence-corrected chi connectivity index (χ1v) is 7.76. The van der Waals surface area contributed by atoms with Gasteiger partial charge in [-0.05, 0) is 56.5 Å². The summed E-state index contributed by atoms with van der Waals surface area (Å²) in [5, 5.41) is 10.2. The Morgan fingerprint density at radius 1 is 1.22 bits per heavy atom.